The Hall–Kier alpha value is -0.340. The minimum atomic E-state index is 0.421. The number of nitrogens with two attached hydrogens (primary N) is 1. The summed E-state index contributed by atoms with van der Waals surface area (Å²) in [5.41, 5.74) is 0. The number of hydrogen-bond acceptors (Lipinski definition) is 2. The smallest absolute Gasteiger partial charge is 0.0399 e. The molecule has 1 heterocycles. The van der Waals surface area contributed by atoms with Gasteiger partial charge in [0.1, 0.15) is 0 Å². The molecule has 0 aromatic heterocycles. The Morgan fingerprint density at radius 2 is 1.62 bits per heavy atom. The summed E-state index contributed by atoms with van der Waals surface area (Å²) in [5.74, 6) is 5.59. The SMILES string of the molecule is CC1C=CC(C)N1N. The summed E-state index contributed by atoms with van der Waals surface area (Å²) in [7, 11) is 0. The van der Waals surface area contributed by atoms with Crippen LogP contribution in [-0.4, -0.2) is 17.1 Å². The molecule has 2 nitrogen and oxygen atoms in total. The van der Waals surface area contributed by atoms with Gasteiger partial charge in [-0.05, 0) is 13.8 Å². The molecule has 0 radical (unpaired) electrons. The van der Waals surface area contributed by atoms with Gasteiger partial charge in [-0.1, -0.05) is 12.2 Å². The van der Waals surface area contributed by atoms with E-state index >= 15 is 0 Å². The topological polar surface area (TPSA) is 29.3 Å². The number of nitrogens with zero attached hydrogens (tertiary/aromatic N) is 1. The van der Waals surface area contributed by atoms with Crippen molar-refractivity contribution in [3.8, 4) is 0 Å². The zero-order valence-electron chi connectivity index (χ0n) is 5.33. The zero-order valence-corrected chi connectivity index (χ0v) is 5.33. The monoisotopic (exact) mass is 112 g/mol. The highest BCUT2D eigenvalue weighted by atomic mass is 15.4. The Morgan fingerprint density at radius 3 is 1.75 bits per heavy atom. The first-order valence-corrected chi connectivity index (χ1v) is 2.93. The summed E-state index contributed by atoms with van der Waals surface area (Å²) < 4.78 is 0. The average Bonchev–Trinajstić information content (AvgIpc) is 1.98. The fourth-order valence-corrected chi connectivity index (χ4v) is 0.891. The molecule has 1 rings (SSSR count). The van der Waals surface area contributed by atoms with Crippen LogP contribution in [0.2, 0.25) is 0 Å². The number of rotatable bonds is 0. The van der Waals surface area contributed by atoms with Crippen molar-refractivity contribution in [2.45, 2.75) is 25.9 Å². The van der Waals surface area contributed by atoms with E-state index in [0.717, 1.165) is 0 Å². The lowest BCUT2D eigenvalue weighted by Crippen LogP contribution is -2.39. The van der Waals surface area contributed by atoms with Crippen LogP contribution in [0.4, 0.5) is 0 Å². The lowest BCUT2D eigenvalue weighted by molar-refractivity contribution is 0.237. The molecule has 8 heavy (non-hydrogen) atoms. The van der Waals surface area contributed by atoms with Crippen LogP contribution in [-0.2, 0) is 0 Å². The third-order valence-electron chi connectivity index (χ3n) is 1.61. The van der Waals surface area contributed by atoms with E-state index in [4.69, 9.17) is 5.84 Å². The summed E-state index contributed by atoms with van der Waals surface area (Å²) in [6.45, 7) is 4.17. The Morgan fingerprint density at radius 1 is 1.25 bits per heavy atom. The van der Waals surface area contributed by atoms with Crippen molar-refractivity contribution in [2.24, 2.45) is 5.84 Å². The number of hydrogen-bond donors (Lipinski definition) is 1. The molecule has 2 unspecified atom stereocenters. The van der Waals surface area contributed by atoms with Crippen LogP contribution >= 0.6 is 0 Å². The first-order valence-electron chi connectivity index (χ1n) is 2.93. The largest absolute Gasteiger partial charge is 0.268 e. The van der Waals surface area contributed by atoms with Gasteiger partial charge < -0.3 is 0 Å². The molecule has 1 aliphatic heterocycles. The van der Waals surface area contributed by atoms with E-state index in [2.05, 4.69) is 26.0 Å². The molecular formula is C6H12N2. The summed E-state index contributed by atoms with van der Waals surface area (Å²) in [6.07, 6.45) is 4.23. The fourth-order valence-electron chi connectivity index (χ4n) is 0.891. The van der Waals surface area contributed by atoms with Crippen molar-refractivity contribution in [2.75, 3.05) is 0 Å². The molecular weight excluding hydrogens is 100 g/mol. The van der Waals surface area contributed by atoms with Crippen molar-refractivity contribution >= 4 is 0 Å². The third-order valence-corrected chi connectivity index (χ3v) is 1.61. The minimum absolute atomic E-state index is 0.421. The second kappa shape index (κ2) is 1.88. The van der Waals surface area contributed by atoms with Gasteiger partial charge in [0, 0.05) is 12.1 Å². The number of hydrazine groups is 1. The Bertz CT molecular complexity index is 97.1. The van der Waals surface area contributed by atoms with Crippen LogP contribution in [0.3, 0.4) is 0 Å². The van der Waals surface area contributed by atoms with E-state index < -0.39 is 0 Å². The van der Waals surface area contributed by atoms with Crippen LogP contribution in [0.15, 0.2) is 12.2 Å². The molecule has 2 N–H and O–H groups in total. The van der Waals surface area contributed by atoms with Crippen molar-refractivity contribution < 1.29 is 0 Å². The van der Waals surface area contributed by atoms with Gasteiger partial charge in [-0.3, -0.25) is 5.84 Å². The van der Waals surface area contributed by atoms with E-state index in [1.165, 1.54) is 0 Å². The summed E-state index contributed by atoms with van der Waals surface area (Å²) in [6, 6.07) is 0.843. The maximum absolute atomic E-state index is 5.59. The second-order valence-corrected chi connectivity index (χ2v) is 2.31. The Labute approximate surface area is 49.9 Å². The maximum atomic E-state index is 5.59. The van der Waals surface area contributed by atoms with E-state index in [1.54, 1.807) is 0 Å². The standard InChI is InChI=1S/C6H12N2/c1-5-3-4-6(2)8(5)7/h3-6H,7H2,1-2H3. The predicted molar refractivity (Wildman–Crippen MR) is 34.1 cm³/mol. The molecule has 2 atom stereocenters. The Balaban J connectivity index is 2.55. The van der Waals surface area contributed by atoms with Gasteiger partial charge in [0.25, 0.3) is 0 Å². The van der Waals surface area contributed by atoms with Crippen LogP contribution in [0.1, 0.15) is 13.8 Å². The predicted octanol–water partition coefficient (Wildman–Crippen LogP) is 0.509. The minimum Gasteiger partial charge on any atom is -0.268 e. The van der Waals surface area contributed by atoms with E-state index in [1.807, 2.05) is 5.01 Å². The third kappa shape index (κ3) is 0.767. The average molecular weight is 112 g/mol. The van der Waals surface area contributed by atoms with Crippen LogP contribution in [0, 0.1) is 0 Å². The molecule has 0 aromatic carbocycles. The highest BCUT2D eigenvalue weighted by Crippen LogP contribution is 2.09. The highest BCUT2D eigenvalue weighted by molar-refractivity contribution is 5.05. The second-order valence-electron chi connectivity index (χ2n) is 2.31. The van der Waals surface area contributed by atoms with Gasteiger partial charge in [0.15, 0.2) is 0 Å². The van der Waals surface area contributed by atoms with Gasteiger partial charge in [-0.25, -0.2) is 5.01 Å². The van der Waals surface area contributed by atoms with Crippen LogP contribution in [0.5, 0.6) is 0 Å². The van der Waals surface area contributed by atoms with E-state index in [0.29, 0.717) is 12.1 Å². The van der Waals surface area contributed by atoms with Crippen LogP contribution < -0.4 is 5.84 Å². The lowest BCUT2D eigenvalue weighted by Gasteiger charge is -2.18. The molecule has 0 aromatic rings. The zero-order chi connectivity index (χ0) is 6.15. The van der Waals surface area contributed by atoms with E-state index in [9.17, 15) is 0 Å². The van der Waals surface area contributed by atoms with Gasteiger partial charge in [0.05, 0.1) is 0 Å². The molecule has 0 amide bonds. The summed E-state index contributed by atoms with van der Waals surface area (Å²) in [4.78, 5) is 0. The van der Waals surface area contributed by atoms with Gasteiger partial charge in [0.2, 0.25) is 0 Å². The Kier molecular flexibility index (Phi) is 1.36. The van der Waals surface area contributed by atoms with Crippen LogP contribution in [0.25, 0.3) is 0 Å². The summed E-state index contributed by atoms with van der Waals surface area (Å²) >= 11 is 0. The van der Waals surface area contributed by atoms with Gasteiger partial charge in [-0.2, -0.15) is 0 Å². The molecule has 0 aliphatic carbocycles. The molecule has 0 saturated heterocycles. The molecule has 2 heteroatoms. The molecule has 0 bridgehead atoms. The maximum Gasteiger partial charge on any atom is 0.0399 e. The first-order chi connectivity index (χ1) is 3.72. The van der Waals surface area contributed by atoms with E-state index in [-0.39, 0.29) is 0 Å². The molecule has 46 valence electrons. The summed E-state index contributed by atoms with van der Waals surface area (Å²) in [5, 5.41) is 1.83. The quantitative estimate of drug-likeness (QED) is 0.365. The van der Waals surface area contributed by atoms with Crippen molar-refractivity contribution in [1.82, 2.24) is 5.01 Å². The first kappa shape index (κ1) is 5.79. The molecule has 0 spiro atoms. The fraction of sp³-hybridized carbons (Fsp3) is 0.667. The van der Waals surface area contributed by atoms with Crippen molar-refractivity contribution in [3.63, 3.8) is 0 Å². The molecule has 0 saturated carbocycles. The molecule has 0 fully saturated rings. The molecule has 1 aliphatic rings. The van der Waals surface area contributed by atoms with Crippen molar-refractivity contribution in [1.29, 1.82) is 0 Å². The lowest BCUT2D eigenvalue weighted by atomic mass is 10.4. The highest BCUT2D eigenvalue weighted by Gasteiger charge is 2.16. The normalized spacial score (nSPS) is 38.9. The van der Waals surface area contributed by atoms with Gasteiger partial charge >= 0.3 is 0 Å². The van der Waals surface area contributed by atoms with Gasteiger partial charge in [-0.15, -0.1) is 0 Å². The van der Waals surface area contributed by atoms with Crippen molar-refractivity contribution in [3.05, 3.63) is 12.2 Å².